The SMILES string of the molecule is COc1cc(-c2cccc(N3CCN(C4CC4)CC3)c2-c2nccs2)c(Cl)cn1. The molecule has 1 aliphatic carbocycles. The molecular formula is C22H23ClN4OS. The van der Waals surface area contributed by atoms with Gasteiger partial charge in [-0.3, -0.25) is 4.90 Å². The van der Waals surface area contributed by atoms with Crippen molar-refractivity contribution in [2.75, 3.05) is 38.2 Å². The van der Waals surface area contributed by atoms with Crippen LogP contribution in [0.2, 0.25) is 5.02 Å². The van der Waals surface area contributed by atoms with Gasteiger partial charge in [-0.25, -0.2) is 9.97 Å². The second-order valence-electron chi connectivity index (χ2n) is 7.50. The van der Waals surface area contributed by atoms with Crippen LogP contribution in [0.15, 0.2) is 42.0 Å². The van der Waals surface area contributed by atoms with Crippen molar-refractivity contribution in [1.82, 2.24) is 14.9 Å². The zero-order chi connectivity index (χ0) is 19.8. The first-order valence-electron chi connectivity index (χ1n) is 9.96. The van der Waals surface area contributed by atoms with Crippen LogP contribution < -0.4 is 9.64 Å². The third kappa shape index (κ3) is 3.72. The van der Waals surface area contributed by atoms with Crippen LogP contribution in [0, 0.1) is 0 Å². The summed E-state index contributed by atoms with van der Waals surface area (Å²) in [5.41, 5.74) is 4.34. The predicted octanol–water partition coefficient (Wildman–Crippen LogP) is 4.82. The number of hydrogen-bond donors (Lipinski definition) is 0. The fourth-order valence-electron chi connectivity index (χ4n) is 4.10. The molecule has 3 aromatic rings. The number of hydrogen-bond acceptors (Lipinski definition) is 6. The van der Waals surface area contributed by atoms with E-state index in [-0.39, 0.29) is 0 Å². The van der Waals surface area contributed by atoms with Crippen LogP contribution >= 0.6 is 22.9 Å². The molecule has 2 aromatic heterocycles. The minimum Gasteiger partial charge on any atom is -0.481 e. The van der Waals surface area contributed by atoms with E-state index in [2.05, 4.69) is 38.0 Å². The fraction of sp³-hybridized carbons (Fsp3) is 0.364. The molecule has 5 nitrogen and oxygen atoms in total. The lowest BCUT2D eigenvalue weighted by Gasteiger charge is -2.37. The van der Waals surface area contributed by atoms with Gasteiger partial charge in [-0.2, -0.15) is 0 Å². The molecule has 1 aromatic carbocycles. The quantitative estimate of drug-likeness (QED) is 0.585. The number of anilines is 1. The van der Waals surface area contributed by atoms with Crippen LogP contribution in [-0.2, 0) is 0 Å². The number of thiazole rings is 1. The van der Waals surface area contributed by atoms with Gasteiger partial charge < -0.3 is 9.64 Å². The van der Waals surface area contributed by atoms with Gasteiger partial charge in [0.2, 0.25) is 5.88 Å². The first-order valence-corrected chi connectivity index (χ1v) is 11.2. The van der Waals surface area contributed by atoms with Gasteiger partial charge in [0.25, 0.3) is 0 Å². The molecule has 3 heterocycles. The van der Waals surface area contributed by atoms with Gasteiger partial charge in [0.15, 0.2) is 0 Å². The second-order valence-corrected chi connectivity index (χ2v) is 8.80. The van der Waals surface area contributed by atoms with Gasteiger partial charge >= 0.3 is 0 Å². The van der Waals surface area contributed by atoms with Crippen LogP contribution in [0.1, 0.15) is 12.8 Å². The van der Waals surface area contributed by atoms with E-state index in [0.717, 1.165) is 53.9 Å². The Morgan fingerprint density at radius 1 is 1.10 bits per heavy atom. The lowest BCUT2D eigenvalue weighted by atomic mass is 9.98. The minimum atomic E-state index is 0.554. The zero-order valence-electron chi connectivity index (χ0n) is 16.3. The molecule has 1 saturated heterocycles. The molecule has 2 aliphatic rings. The average molecular weight is 427 g/mol. The van der Waals surface area contributed by atoms with E-state index in [9.17, 15) is 0 Å². The highest BCUT2D eigenvalue weighted by Crippen LogP contribution is 2.43. The van der Waals surface area contributed by atoms with Crippen LogP contribution in [0.4, 0.5) is 5.69 Å². The Morgan fingerprint density at radius 2 is 1.93 bits per heavy atom. The van der Waals surface area contributed by atoms with Crippen molar-refractivity contribution < 1.29 is 4.74 Å². The summed E-state index contributed by atoms with van der Waals surface area (Å²) < 4.78 is 5.35. The Labute approximate surface area is 179 Å². The van der Waals surface area contributed by atoms with Crippen molar-refractivity contribution in [1.29, 1.82) is 0 Å². The fourth-order valence-corrected chi connectivity index (χ4v) is 5.01. The van der Waals surface area contributed by atoms with Gasteiger partial charge in [-0.05, 0) is 24.5 Å². The molecule has 7 heteroatoms. The third-order valence-electron chi connectivity index (χ3n) is 5.74. The molecule has 5 rings (SSSR count). The van der Waals surface area contributed by atoms with Crippen molar-refractivity contribution in [2.24, 2.45) is 0 Å². The van der Waals surface area contributed by atoms with Crippen molar-refractivity contribution in [3.63, 3.8) is 0 Å². The lowest BCUT2D eigenvalue weighted by molar-refractivity contribution is 0.248. The van der Waals surface area contributed by atoms with Crippen LogP contribution in [0.25, 0.3) is 21.7 Å². The number of rotatable bonds is 5. The Kier molecular flexibility index (Phi) is 5.16. The van der Waals surface area contributed by atoms with Crippen molar-refractivity contribution in [2.45, 2.75) is 18.9 Å². The van der Waals surface area contributed by atoms with E-state index in [0.29, 0.717) is 10.9 Å². The Hall–Kier alpha value is -2.15. The maximum absolute atomic E-state index is 6.56. The van der Waals surface area contributed by atoms with Gasteiger partial charge in [0.1, 0.15) is 5.01 Å². The number of methoxy groups -OCH3 is 1. The van der Waals surface area contributed by atoms with Crippen molar-refractivity contribution >= 4 is 28.6 Å². The first kappa shape index (κ1) is 18.9. The molecule has 0 bridgehead atoms. The smallest absolute Gasteiger partial charge is 0.213 e. The normalized spacial score (nSPS) is 17.5. The molecule has 0 spiro atoms. The van der Waals surface area contributed by atoms with Crippen LogP contribution in [0.5, 0.6) is 5.88 Å². The Bertz CT molecular complexity index is 998. The number of aromatic nitrogens is 2. The standard InChI is InChI=1S/C22H23ClN4OS/c1-28-20-13-17(18(23)14-25-20)16-3-2-4-19(21(16)22-24-7-12-29-22)27-10-8-26(9-11-27)15-5-6-15/h2-4,7,12-15H,5-6,8-11H2,1H3. The largest absolute Gasteiger partial charge is 0.481 e. The molecular weight excluding hydrogens is 404 g/mol. The summed E-state index contributed by atoms with van der Waals surface area (Å²) in [6, 6.07) is 9.16. The third-order valence-corrected chi connectivity index (χ3v) is 6.83. The summed E-state index contributed by atoms with van der Waals surface area (Å²) >= 11 is 8.22. The van der Waals surface area contributed by atoms with Crippen molar-refractivity contribution in [3.8, 4) is 27.6 Å². The monoisotopic (exact) mass is 426 g/mol. The van der Waals surface area contributed by atoms with Crippen molar-refractivity contribution in [3.05, 3.63) is 47.1 Å². The molecule has 0 N–H and O–H groups in total. The molecule has 1 aliphatic heterocycles. The number of halogens is 1. The molecule has 1 saturated carbocycles. The molecule has 2 fully saturated rings. The first-order chi connectivity index (χ1) is 14.2. The molecule has 0 amide bonds. The topological polar surface area (TPSA) is 41.5 Å². The summed E-state index contributed by atoms with van der Waals surface area (Å²) in [6.07, 6.45) is 6.24. The summed E-state index contributed by atoms with van der Waals surface area (Å²) in [7, 11) is 1.62. The molecule has 0 atom stereocenters. The van der Waals surface area contributed by atoms with E-state index in [1.54, 1.807) is 24.6 Å². The van der Waals surface area contributed by atoms with E-state index in [1.165, 1.54) is 18.5 Å². The summed E-state index contributed by atoms with van der Waals surface area (Å²) in [5, 5.41) is 3.64. The zero-order valence-corrected chi connectivity index (χ0v) is 17.9. The summed E-state index contributed by atoms with van der Waals surface area (Å²) in [6.45, 7) is 4.31. The van der Waals surface area contributed by atoms with Crippen LogP contribution in [0.3, 0.4) is 0 Å². The second kappa shape index (κ2) is 7.94. The highest BCUT2D eigenvalue weighted by Gasteiger charge is 2.32. The maximum atomic E-state index is 6.56. The Balaban J connectivity index is 1.59. The number of piperazine rings is 1. The highest BCUT2D eigenvalue weighted by molar-refractivity contribution is 7.13. The van der Waals surface area contributed by atoms with E-state index in [4.69, 9.17) is 16.3 Å². The highest BCUT2D eigenvalue weighted by atomic mass is 35.5. The predicted molar refractivity (Wildman–Crippen MR) is 119 cm³/mol. The Morgan fingerprint density at radius 3 is 2.62 bits per heavy atom. The molecule has 29 heavy (non-hydrogen) atoms. The van der Waals surface area contributed by atoms with Gasteiger partial charge in [0, 0.05) is 66.7 Å². The molecule has 0 unspecified atom stereocenters. The van der Waals surface area contributed by atoms with Gasteiger partial charge in [-0.1, -0.05) is 23.7 Å². The number of ether oxygens (including phenoxy) is 1. The van der Waals surface area contributed by atoms with E-state index < -0.39 is 0 Å². The summed E-state index contributed by atoms with van der Waals surface area (Å²) in [5.74, 6) is 0.554. The van der Waals surface area contributed by atoms with E-state index in [1.807, 2.05) is 17.6 Å². The number of pyridine rings is 1. The average Bonchev–Trinajstić information content (AvgIpc) is 3.48. The number of benzene rings is 1. The number of nitrogens with zero attached hydrogens (tertiary/aromatic N) is 4. The summed E-state index contributed by atoms with van der Waals surface area (Å²) in [4.78, 5) is 14.0. The maximum Gasteiger partial charge on any atom is 0.213 e. The lowest BCUT2D eigenvalue weighted by Crippen LogP contribution is -2.47. The molecule has 0 radical (unpaired) electrons. The van der Waals surface area contributed by atoms with Gasteiger partial charge in [0.05, 0.1) is 18.3 Å². The van der Waals surface area contributed by atoms with Crippen LogP contribution in [-0.4, -0.2) is 54.2 Å². The minimum absolute atomic E-state index is 0.554. The van der Waals surface area contributed by atoms with E-state index >= 15 is 0 Å². The molecule has 150 valence electrons. The van der Waals surface area contributed by atoms with Gasteiger partial charge in [-0.15, -0.1) is 11.3 Å².